The van der Waals surface area contributed by atoms with Crippen LogP contribution < -0.4 is 14.8 Å². The molecule has 0 spiro atoms. The van der Waals surface area contributed by atoms with Gasteiger partial charge in [-0.3, -0.25) is 10.2 Å². The molecule has 0 atom stereocenters. The second kappa shape index (κ2) is 9.09. The zero-order valence-corrected chi connectivity index (χ0v) is 17.7. The number of halogens is 3. The van der Waals surface area contributed by atoms with Gasteiger partial charge in [-0.25, -0.2) is 0 Å². The molecule has 0 bridgehead atoms. The molecule has 0 aliphatic carbocycles. The Hall–Kier alpha value is -1.86. The van der Waals surface area contributed by atoms with Crippen LogP contribution in [0.3, 0.4) is 0 Å². The topological polar surface area (TPSA) is 71.4 Å². The van der Waals surface area contributed by atoms with Gasteiger partial charge >= 0.3 is 0 Å². The second-order valence-electron chi connectivity index (χ2n) is 5.81. The fourth-order valence-electron chi connectivity index (χ4n) is 2.43. The lowest BCUT2D eigenvalue weighted by molar-refractivity contribution is -0.115. The third kappa shape index (κ3) is 5.14. The van der Waals surface area contributed by atoms with Gasteiger partial charge in [0.25, 0.3) is 5.91 Å². The minimum absolute atomic E-state index is 0.0681. The highest BCUT2D eigenvalue weighted by atomic mass is 35.5. The van der Waals surface area contributed by atoms with Gasteiger partial charge in [0.1, 0.15) is 24.7 Å². The van der Waals surface area contributed by atoms with E-state index in [9.17, 15) is 4.79 Å². The molecular formula is C19H15Cl3N2O3S. The summed E-state index contributed by atoms with van der Waals surface area (Å²) in [5.74, 6) is 0.729. The molecule has 1 amide bonds. The first-order valence-corrected chi connectivity index (χ1v) is 10.1. The lowest BCUT2D eigenvalue weighted by atomic mass is 10.2. The maximum atomic E-state index is 11.9. The molecule has 0 radical (unpaired) electrons. The van der Waals surface area contributed by atoms with Crippen molar-refractivity contribution >= 4 is 63.7 Å². The van der Waals surface area contributed by atoms with Gasteiger partial charge in [-0.05, 0) is 60.7 Å². The summed E-state index contributed by atoms with van der Waals surface area (Å²) in [5.41, 5.74) is 1.47. The summed E-state index contributed by atoms with van der Waals surface area (Å²) in [4.78, 5) is 12.2. The molecule has 5 nitrogen and oxygen atoms in total. The van der Waals surface area contributed by atoms with Crippen molar-refractivity contribution in [2.45, 2.75) is 6.92 Å². The van der Waals surface area contributed by atoms with E-state index in [1.165, 1.54) is 0 Å². The third-order valence-corrected chi connectivity index (χ3v) is 5.47. The zero-order valence-electron chi connectivity index (χ0n) is 14.6. The Bertz CT molecular complexity index is 979. The molecule has 0 saturated carbocycles. The summed E-state index contributed by atoms with van der Waals surface area (Å²) in [6.45, 7) is 2.42. The Kier molecular flexibility index (Phi) is 6.78. The van der Waals surface area contributed by atoms with E-state index in [1.54, 1.807) is 30.3 Å². The van der Waals surface area contributed by atoms with Gasteiger partial charge in [0, 0.05) is 15.6 Å². The lowest BCUT2D eigenvalue weighted by Crippen LogP contribution is -2.18. The largest absolute Gasteiger partial charge is 0.490 e. The summed E-state index contributed by atoms with van der Waals surface area (Å²) in [7, 11) is 0. The molecule has 28 heavy (non-hydrogen) atoms. The van der Waals surface area contributed by atoms with E-state index in [-0.39, 0.29) is 24.3 Å². The van der Waals surface area contributed by atoms with Crippen LogP contribution in [-0.4, -0.2) is 24.3 Å². The molecule has 2 aromatic carbocycles. The van der Waals surface area contributed by atoms with E-state index in [4.69, 9.17) is 49.7 Å². The Morgan fingerprint density at radius 2 is 1.86 bits per heavy atom. The second-order valence-corrected chi connectivity index (χ2v) is 8.11. The molecule has 0 unspecified atom stereocenters. The Labute approximate surface area is 181 Å². The van der Waals surface area contributed by atoms with Crippen LogP contribution in [0.2, 0.25) is 15.1 Å². The van der Waals surface area contributed by atoms with E-state index in [0.29, 0.717) is 37.0 Å². The van der Waals surface area contributed by atoms with E-state index >= 15 is 0 Å². The van der Waals surface area contributed by atoms with Crippen molar-refractivity contribution in [3.05, 3.63) is 61.4 Å². The van der Waals surface area contributed by atoms with Crippen molar-refractivity contribution in [1.82, 2.24) is 5.32 Å². The van der Waals surface area contributed by atoms with Crippen molar-refractivity contribution in [1.29, 1.82) is 5.41 Å². The van der Waals surface area contributed by atoms with Gasteiger partial charge in [0.05, 0.1) is 9.93 Å². The number of benzene rings is 2. The molecule has 0 aromatic heterocycles. The quantitative estimate of drug-likeness (QED) is 0.440. The highest BCUT2D eigenvalue weighted by Gasteiger charge is 2.23. The van der Waals surface area contributed by atoms with Crippen LogP contribution in [0.4, 0.5) is 0 Å². The number of amides is 1. The highest BCUT2D eigenvalue weighted by molar-refractivity contribution is 8.18. The first kappa shape index (κ1) is 20.9. The van der Waals surface area contributed by atoms with Gasteiger partial charge in [-0.1, -0.05) is 34.8 Å². The van der Waals surface area contributed by atoms with E-state index < -0.39 is 0 Å². The Morgan fingerprint density at radius 3 is 2.54 bits per heavy atom. The first-order chi connectivity index (χ1) is 13.3. The average Bonchev–Trinajstić information content (AvgIpc) is 2.93. The normalized spacial score (nSPS) is 15.1. The van der Waals surface area contributed by atoms with Crippen LogP contribution in [0.15, 0.2) is 35.2 Å². The molecule has 3 rings (SSSR count). The number of thioether (sulfide) groups is 1. The van der Waals surface area contributed by atoms with Crippen LogP contribution in [0.5, 0.6) is 11.5 Å². The molecule has 1 heterocycles. The third-order valence-electron chi connectivity index (χ3n) is 3.71. The van der Waals surface area contributed by atoms with Gasteiger partial charge in [0.15, 0.2) is 5.17 Å². The van der Waals surface area contributed by atoms with Gasteiger partial charge < -0.3 is 14.8 Å². The minimum Gasteiger partial charge on any atom is -0.490 e. The number of aryl methyl sites for hydroxylation is 1. The summed E-state index contributed by atoms with van der Waals surface area (Å²) in [6, 6.07) is 8.61. The lowest BCUT2D eigenvalue weighted by Gasteiger charge is -2.13. The average molecular weight is 458 g/mol. The van der Waals surface area contributed by atoms with E-state index in [2.05, 4.69) is 5.32 Å². The SMILES string of the molecule is Cc1cc(OCCOc2c(Cl)cc(Cl)cc2/C=C2\SC(=N)NC2=O)ccc1Cl. The molecule has 1 saturated heterocycles. The van der Waals surface area contributed by atoms with Crippen LogP contribution in [0, 0.1) is 12.3 Å². The Balaban J connectivity index is 1.71. The van der Waals surface area contributed by atoms with Crippen LogP contribution in [-0.2, 0) is 4.79 Å². The first-order valence-electron chi connectivity index (χ1n) is 8.14. The molecular weight excluding hydrogens is 443 g/mol. The van der Waals surface area contributed by atoms with Crippen LogP contribution >= 0.6 is 46.6 Å². The van der Waals surface area contributed by atoms with Crippen LogP contribution in [0.25, 0.3) is 6.08 Å². The van der Waals surface area contributed by atoms with Crippen molar-refractivity contribution in [3.8, 4) is 11.5 Å². The number of rotatable bonds is 6. The fraction of sp³-hybridized carbons (Fsp3) is 0.158. The molecule has 2 aromatic rings. The summed E-state index contributed by atoms with van der Waals surface area (Å²) in [6.07, 6.45) is 1.60. The standard InChI is InChI=1S/C19H15Cl3N2O3S/c1-10-6-13(2-3-14(10)21)26-4-5-27-17-11(7-12(20)9-15(17)22)8-16-18(25)24-19(23)28-16/h2-3,6-9H,4-5H2,1H3,(H2,23,24,25)/b16-8-. The summed E-state index contributed by atoms with van der Waals surface area (Å²) < 4.78 is 11.5. The highest BCUT2D eigenvalue weighted by Crippen LogP contribution is 2.36. The predicted molar refractivity (Wildman–Crippen MR) is 115 cm³/mol. The number of nitrogens with one attached hydrogen (secondary N) is 2. The van der Waals surface area contributed by atoms with Crippen molar-refractivity contribution < 1.29 is 14.3 Å². The van der Waals surface area contributed by atoms with Crippen molar-refractivity contribution in [3.63, 3.8) is 0 Å². The van der Waals surface area contributed by atoms with E-state index in [1.807, 2.05) is 13.0 Å². The minimum atomic E-state index is -0.349. The monoisotopic (exact) mass is 456 g/mol. The smallest absolute Gasteiger partial charge is 0.264 e. The molecule has 1 aliphatic heterocycles. The predicted octanol–water partition coefficient (Wildman–Crippen LogP) is 5.55. The van der Waals surface area contributed by atoms with Gasteiger partial charge in [-0.15, -0.1) is 0 Å². The van der Waals surface area contributed by atoms with Gasteiger partial charge in [-0.2, -0.15) is 0 Å². The number of amidine groups is 1. The number of carbonyl (C=O) groups is 1. The van der Waals surface area contributed by atoms with Gasteiger partial charge in [0.2, 0.25) is 0 Å². The number of carbonyl (C=O) groups excluding carboxylic acids is 1. The zero-order chi connectivity index (χ0) is 20.3. The number of hydrogen-bond donors (Lipinski definition) is 2. The summed E-state index contributed by atoms with van der Waals surface area (Å²) in [5, 5.41) is 11.4. The molecule has 2 N–H and O–H groups in total. The Morgan fingerprint density at radius 1 is 1.11 bits per heavy atom. The van der Waals surface area contributed by atoms with Crippen LogP contribution in [0.1, 0.15) is 11.1 Å². The molecule has 1 fully saturated rings. The number of hydrogen-bond acceptors (Lipinski definition) is 5. The fourth-order valence-corrected chi connectivity index (χ4v) is 3.81. The molecule has 146 valence electrons. The maximum absolute atomic E-state index is 11.9. The number of ether oxygens (including phenoxy) is 2. The van der Waals surface area contributed by atoms with E-state index in [0.717, 1.165) is 17.3 Å². The van der Waals surface area contributed by atoms with Crippen molar-refractivity contribution in [2.75, 3.05) is 13.2 Å². The maximum Gasteiger partial charge on any atom is 0.264 e. The molecule has 1 aliphatic rings. The molecule has 9 heteroatoms. The van der Waals surface area contributed by atoms with Crippen molar-refractivity contribution in [2.24, 2.45) is 0 Å². The summed E-state index contributed by atoms with van der Waals surface area (Å²) >= 11 is 19.4.